The van der Waals surface area contributed by atoms with Crippen LogP contribution in [0.5, 0.6) is 0 Å². The van der Waals surface area contributed by atoms with E-state index in [1.54, 1.807) is 30.3 Å². The van der Waals surface area contributed by atoms with E-state index in [4.69, 9.17) is 27.9 Å². The van der Waals surface area contributed by atoms with Gasteiger partial charge in [-0.15, -0.1) is 0 Å². The summed E-state index contributed by atoms with van der Waals surface area (Å²) < 4.78 is 18.7. The highest BCUT2D eigenvalue weighted by molar-refractivity contribution is 6.35. The van der Waals surface area contributed by atoms with Gasteiger partial charge in [-0.1, -0.05) is 35.3 Å². The van der Waals surface area contributed by atoms with E-state index < -0.39 is 0 Å². The summed E-state index contributed by atoms with van der Waals surface area (Å²) in [5.74, 6) is -0.581. The van der Waals surface area contributed by atoms with Crippen LogP contribution in [0.25, 0.3) is 0 Å². The van der Waals surface area contributed by atoms with E-state index in [1.807, 2.05) is 0 Å². The van der Waals surface area contributed by atoms with Crippen molar-refractivity contribution in [2.75, 3.05) is 32.8 Å². The molecule has 0 aromatic heterocycles. The second kappa shape index (κ2) is 8.82. The Labute approximate surface area is 161 Å². The van der Waals surface area contributed by atoms with Crippen LogP contribution >= 0.6 is 23.2 Å². The summed E-state index contributed by atoms with van der Waals surface area (Å²) in [7, 11) is 0. The van der Waals surface area contributed by atoms with Crippen LogP contribution in [0.1, 0.15) is 22.0 Å². The van der Waals surface area contributed by atoms with E-state index in [2.05, 4.69) is 10.2 Å². The predicted molar refractivity (Wildman–Crippen MR) is 100 cm³/mol. The summed E-state index contributed by atoms with van der Waals surface area (Å²) in [6, 6.07) is 11.0. The van der Waals surface area contributed by atoms with Crippen LogP contribution in [-0.2, 0) is 4.74 Å². The lowest BCUT2D eigenvalue weighted by atomic mass is 10.0. The molecule has 1 saturated heterocycles. The Morgan fingerprint density at radius 2 is 1.85 bits per heavy atom. The van der Waals surface area contributed by atoms with Crippen molar-refractivity contribution < 1.29 is 13.9 Å². The van der Waals surface area contributed by atoms with E-state index in [9.17, 15) is 9.18 Å². The van der Waals surface area contributed by atoms with Crippen molar-refractivity contribution in [2.24, 2.45) is 0 Å². The molecule has 0 bridgehead atoms. The van der Waals surface area contributed by atoms with Gasteiger partial charge in [0, 0.05) is 24.7 Å². The summed E-state index contributed by atoms with van der Waals surface area (Å²) >= 11 is 12.1. The van der Waals surface area contributed by atoms with E-state index in [0.29, 0.717) is 35.4 Å². The third-order valence-corrected chi connectivity index (χ3v) is 4.93. The first kappa shape index (κ1) is 19.1. The maximum Gasteiger partial charge on any atom is 0.252 e. The van der Waals surface area contributed by atoms with Gasteiger partial charge in [0.2, 0.25) is 0 Å². The highest BCUT2D eigenvalue weighted by Gasteiger charge is 2.24. The number of hydrogen-bond acceptors (Lipinski definition) is 3. The minimum absolute atomic E-state index is 0.0820. The number of halogens is 3. The average Bonchev–Trinajstić information content (AvgIpc) is 2.66. The number of carbonyl (C=O) groups is 1. The van der Waals surface area contributed by atoms with Crippen molar-refractivity contribution in [3.63, 3.8) is 0 Å². The van der Waals surface area contributed by atoms with Crippen LogP contribution < -0.4 is 5.32 Å². The molecule has 1 unspecified atom stereocenters. The molecule has 2 aromatic carbocycles. The van der Waals surface area contributed by atoms with Crippen molar-refractivity contribution in [3.05, 3.63) is 69.5 Å². The predicted octanol–water partition coefficient (Wildman–Crippen LogP) is 3.94. The second-order valence-corrected chi connectivity index (χ2v) is 6.89. The van der Waals surface area contributed by atoms with E-state index in [1.165, 1.54) is 12.1 Å². The summed E-state index contributed by atoms with van der Waals surface area (Å²) in [6.07, 6.45) is 0. The molecule has 0 aliphatic carbocycles. The molecule has 1 fully saturated rings. The van der Waals surface area contributed by atoms with E-state index in [-0.39, 0.29) is 17.8 Å². The lowest BCUT2D eigenvalue weighted by Crippen LogP contribution is -2.43. The fraction of sp³-hybridized carbons (Fsp3) is 0.316. The number of nitrogens with zero attached hydrogens (tertiary/aromatic N) is 1. The molecule has 1 heterocycles. The van der Waals surface area contributed by atoms with E-state index >= 15 is 0 Å². The van der Waals surface area contributed by atoms with Crippen LogP contribution in [0.4, 0.5) is 4.39 Å². The highest BCUT2D eigenvalue weighted by Crippen LogP contribution is 2.23. The van der Waals surface area contributed by atoms with Crippen LogP contribution in [0.2, 0.25) is 10.0 Å². The number of amides is 1. The minimum Gasteiger partial charge on any atom is -0.379 e. The second-order valence-electron chi connectivity index (χ2n) is 6.05. The van der Waals surface area contributed by atoms with Crippen molar-refractivity contribution >= 4 is 29.1 Å². The van der Waals surface area contributed by atoms with Gasteiger partial charge in [-0.05, 0) is 35.9 Å². The molecule has 4 nitrogen and oxygen atoms in total. The van der Waals surface area contributed by atoms with Gasteiger partial charge in [0.25, 0.3) is 5.91 Å². The third kappa shape index (κ3) is 4.74. The highest BCUT2D eigenvalue weighted by atomic mass is 35.5. The molecule has 2 aromatic rings. The zero-order valence-corrected chi connectivity index (χ0v) is 15.6. The fourth-order valence-electron chi connectivity index (χ4n) is 2.99. The van der Waals surface area contributed by atoms with Gasteiger partial charge in [-0.3, -0.25) is 9.69 Å². The molecule has 0 spiro atoms. The molecule has 138 valence electrons. The van der Waals surface area contributed by atoms with Gasteiger partial charge in [0.1, 0.15) is 5.82 Å². The van der Waals surface area contributed by atoms with Gasteiger partial charge in [0.15, 0.2) is 0 Å². The molecule has 1 N–H and O–H groups in total. The lowest BCUT2D eigenvalue weighted by Gasteiger charge is -2.35. The van der Waals surface area contributed by atoms with Crippen LogP contribution in [0.15, 0.2) is 42.5 Å². The lowest BCUT2D eigenvalue weighted by molar-refractivity contribution is 0.0162. The maximum atomic E-state index is 13.3. The zero-order chi connectivity index (χ0) is 18.5. The normalized spacial score (nSPS) is 16.3. The molecular formula is C19H19Cl2FN2O2. The first-order chi connectivity index (χ1) is 12.5. The van der Waals surface area contributed by atoms with Gasteiger partial charge in [-0.2, -0.15) is 0 Å². The first-order valence-electron chi connectivity index (χ1n) is 8.35. The summed E-state index contributed by atoms with van der Waals surface area (Å²) in [6.45, 7) is 3.12. The summed E-state index contributed by atoms with van der Waals surface area (Å²) in [5, 5.41) is 3.71. The molecule has 3 rings (SSSR count). The number of morpholine rings is 1. The zero-order valence-electron chi connectivity index (χ0n) is 14.1. The number of ether oxygens (including phenoxy) is 1. The third-order valence-electron chi connectivity index (χ3n) is 4.37. The topological polar surface area (TPSA) is 41.6 Å². The fourth-order valence-corrected chi connectivity index (χ4v) is 3.36. The molecular weight excluding hydrogens is 378 g/mol. The number of nitrogens with one attached hydrogen (secondary N) is 1. The average molecular weight is 397 g/mol. The molecule has 1 amide bonds. The SMILES string of the molecule is O=C(NCC(c1ccc(F)cc1)N1CCOCC1)c1cc(Cl)ccc1Cl. The van der Waals surface area contributed by atoms with Crippen molar-refractivity contribution in [1.82, 2.24) is 10.2 Å². The number of benzene rings is 2. The smallest absolute Gasteiger partial charge is 0.252 e. The number of carbonyl (C=O) groups excluding carboxylic acids is 1. The van der Waals surface area contributed by atoms with Crippen molar-refractivity contribution in [3.8, 4) is 0 Å². The minimum atomic E-state index is -0.294. The van der Waals surface area contributed by atoms with Crippen LogP contribution in [-0.4, -0.2) is 43.7 Å². The van der Waals surface area contributed by atoms with E-state index in [0.717, 1.165) is 18.7 Å². The number of hydrogen-bond donors (Lipinski definition) is 1. The molecule has 0 saturated carbocycles. The Morgan fingerprint density at radius 1 is 1.15 bits per heavy atom. The Hall–Kier alpha value is -1.66. The monoisotopic (exact) mass is 396 g/mol. The quantitative estimate of drug-likeness (QED) is 0.831. The summed E-state index contributed by atoms with van der Waals surface area (Å²) in [4.78, 5) is 14.8. The molecule has 1 aliphatic heterocycles. The Kier molecular flexibility index (Phi) is 6.48. The van der Waals surface area contributed by atoms with Gasteiger partial charge in [-0.25, -0.2) is 4.39 Å². The van der Waals surface area contributed by atoms with Gasteiger partial charge >= 0.3 is 0 Å². The Balaban J connectivity index is 1.75. The van der Waals surface area contributed by atoms with Crippen molar-refractivity contribution in [2.45, 2.75) is 6.04 Å². The standard InChI is InChI=1S/C19H19Cl2FN2O2/c20-14-3-6-17(21)16(11-14)19(25)23-12-18(24-7-9-26-10-8-24)13-1-4-15(22)5-2-13/h1-6,11,18H,7-10,12H2,(H,23,25). The molecule has 7 heteroatoms. The van der Waals surface area contributed by atoms with Gasteiger partial charge < -0.3 is 10.1 Å². The molecule has 26 heavy (non-hydrogen) atoms. The van der Waals surface area contributed by atoms with Crippen LogP contribution in [0, 0.1) is 5.82 Å². The number of rotatable bonds is 5. The molecule has 1 atom stereocenters. The largest absolute Gasteiger partial charge is 0.379 e. The Morgan fingerprint density at radius 3 is 2.54 bits per heavy atom. The van der Waals surface area contributed by atoms with Crippen molar-refractivity contribution in [1.29, 1.82) is 0 Å². The summed E-state index contributed by atoms with van der Waals surface area (Å²) in [5.41, 5.74) is 1.27. The molecule has 1 aliphatic rings. The van der Waals surface area contributed by atoms with Gasteiger partial charge in [0.05, 0.1) is 29.8 Å². The molecule has 0 radical (unpaired) electrons. The Bertz CT molecular complexity index is 765. The van der Waals surface area contributed by atoms with Crippen LogP contribution in [0.3, 0.4) is 0 Å². The first-order valence-corrected chi connectivity index (χ1v) is 9.10. The maximum absolute atomic E-state index is 13.3.